The number of aryl methyl sites for hydroxylation is 1. The molecule has 0 unspecified atom stereocenters. The number of hydrogen-bond donors (Lipinski definition) is 2. The Hall–Kier alpha value is -1.56. The van der Waals surface area contributed by atoms with Gasteiger partial charge in [-0.15, -0.1) is 0 Å². The van der Waals surface area contributed by atoms with Crippen molar-refractivity contribution in [3.05, 3.63) is 29.3 Å². The summed E-state index contributed by atoms with van der Waals surface area (Å²) in [5.41, 5.74) is 2.33. The minimum absolute atomic E-state index is 0.0492. The number of amides is 1. The maximum Gasteiger partial charge on any atom is 0.251 e. The standard InChI is InChI=1S/C12H18N2O3S/c1-9-8-10(13-2)4-5-11(9)12(15)14-6-7-18(3,16)17/h4-5,8,13H,6-7H2,1-3H3,(H,14,15). The van der Waals surface area contributed by atoms with Gasteiger partial charge in [0.1, 0.15) is 9.84 Å². The Labute approximate surface area is 108 Å². The first-order valence-electron chi connectivity index (χ1n) is 5.58. The van der Waals surface area contributed by atoms with Gasteiger partial charge in [0.2, 0.25) is 0 Å². The lowest BCUT2D eigenvalue weighted by molar-refractivity contribution is 0.0955. The molecule has 1 aromatic carbocycles. The number of carbonyl (C=O) groups is 1. The monoisotopic (exact) mass is 270 g/mol. The summed E-state index contributed by atoms with van der Waals surface area (Å²) in [7, 11) is -1.24. The van der Waals surface area contributed by atoms with Crippen LogP contribution in [0.3, 0.4) is 0 Å². The molecule has 100 valence electrons. The maximum absolute atomic E-state index is 11.8. The number of hydrogen-bond acceptors (Lipinski definition) is 4. The third-order valence-electron chi connectivity index (χ3n) is 2.52. The van der Waals surface area contributed by atoms with Gasteiger partial charge in [0.05, 0.1) is 5.75 Å². The smallest absolute Gasteiger partial charge is 0.251 e. The molecule has 0 saturated carbocycles. The lowest BCUT2D eigenvalue weighted by atomic mass is 10.1. The van der Waals surface area contributed by atoms with Crippen LogP contribution in [0.4, 0.5) is 5.69 Å². The van der Waals surface area contributed by atoms with Crippen LogP contribution in [0.2, 0.25) is 0 Å². The van der Waals surface area contributed by atoms with Gasteiger partial charge in [0.15, 0.2) is 0 Å². The van der Waals surface area contributed by atoms with Crippen molar-refractivity contribution >= 4 is 21.4 Å². The van der Waals surface area contributed by atoms with Crippen LogP contribution in [-0.4, -0.2) is 39.9 Å². The van der Waals surface area contributed by atoms with Crippen LogP contribution in [0.15, 0.2) is 18.2 Å². The number of rotatable bonds is 5. The Bertz CT molecular complexity index is 538. The first-order chi connectivity index (χ1) is 8.33. The van der Waals surface area contributed by atoms with Crippen LogP contribution < -0.4 is 10.6 Å². The van der Waals surface area contributed by atoms with Gasteiger partial charge in [-0.1, -0.05) is 0 Å². The van der Waals surface area contributed by atoms with E-state index in [4.69, 9.17) is 0 Å². The molecule has 6 heteroatoms. The van der Waals surface area contributed by atoms with Crippen LogP contribution in [0, 0.1) is 6.92 Å². The molecule has 0 fully saturated rings. The Morgan fingerprint density at radius 3 is 2.50 bits per heavy atom. The molecule has 1 aromatic rings. The van der Waals surface area contributed by atoms with E-state index >= 15 is 0 Å². The van der Waals surface area contributed by atoms with Crippen molar-refractivity contribution < 1.29 is 13.2 Å². The molecule has 0 spiro atoms. The van der Waals surface area contributed by atoms with Gasteiger partial charge in [0.25, 0.3) is 5.91 Å². The zero-order valence-corrected chi connectivity index (χ0v) is 11.6. The topological polar surface area (TPSA) is 75.3 Å². The van der Waals surface area contributed by atoms with E-state index in [2.05, 4.69) is 10.6 Å². The van der Waals surface area contributed by atoms with Crippen molar-refractivity contribution in [3.63, 3.8) is 0 Å². The summed E-state index contributed by atoms with van der Waals surface area (Å²) >= 11 is 0. The van der Waals surface area contributed by atoms with Gasteiger partial charge < -0.3 is 10.6 Å². The number of nitrogens with one attached hydrogen (secondary N) is 2. The van der Waals surface area contributed by atoms with Crippen molar-refractivity contribution in [2.24, 2.45) is 0 Å². The SMILES string of the molecule is CNc1ccc(C(=O)NCCS(C)(=O)=O)c(C)c1. The van der Waals surface area contributed by atoms with Crippen LogP contribution in [0.1, 0.15) is 15.9 Å². The highest BCUT2D eigenvalue weighted by molar-refractivity contribution is 7.90. The van der Waals surface area contributed by atoms with Gasteiger partial charge in [-0.25, -0.2) is 8.42 Å². The fourth-order valence-corrected chi connectivity index (χ4v) is 1.99. The second-order valence-corrected chi connectivity index (χ2v) is 6.43. The molecule has 0 radical (unpaired) electrons. The van der Waals surface area contributed by atoms with Crippen LogP contribution >= 0.6 is 0 Å². The summed E-state index contributed by atoms with van der Waals surface area (Å²) in [6.07, 6.45) is 1.14. The predicted molar refractivity (Wildman–Crippen MR) is 72.8 cm³/mol. The fraction of sp³-hybridized carbons (Fsp3) is 0.417. The van der Waals surface area contributed by atoms with Crippen molar-refractivity contribution in [1.29, 1.82) is 0 Å². The number of anilines is 1. The van der Waals surface area contributed by atoms with E-state index in [1.807, 2.05) is 13.0 Å². The highest BCUT2D eigenvalue weighted by Gasteiger charge is 2.10. The van der Waals surface area contributed by atoms with Crippen molar-refractivity contribution in [2.75, 3.05) is 30.9 Å². The number of benzene rings is 1. The third kappa shape index (κ3) is 4.37. The van der Waals surface area contributed by atoms with E-state index in [-0.39, 0.29) is 18.2 Å². The molecule has 18 heavy (non-hydrogen) atoms. The molecule has 0 saturated heterocycles. The van der Waals surface area contributed by atoms with E-state index in [0.29, 0.717) is 5.56 Å². The van der Waals surface area contributed by atoms with E-state index in [1.165, 1.54) is 0 Å². The third-order valence-corrected chi connectivity index (χ3v) is 3.46. The fourth-order valence-electron chi connectivity index (χ4n) is 1.52. The zero-order chi connectivity index (χ0) is 13.8. The average molecular weight is 270 g/mol. The number of carbonyl (C=O) groups excluding carboxylic acids is 1. The summed E-state index contributed by atoms with van der Waals surface area (Å²) < 4.78 is 21.9. The Morgan fingerprint density at radius 1 is 1.33 bits per heavy atom. The summed E-state index contributed by atoms with van der Waals surface area (Å²) in [5, 5.41) is 5.58. The lowest BCUT2D eigenvalue weighted by Crippen LogP contribution is -2.29. The Morgan fingerprint density at radius 2 is 2.00 bits per heavy atom. The van der Waals surface area contributed by atoms with Crippen LogP contribution in [0.5, 0.6) is 0 Å². The molecule has 0 aliphatic rings. The van der Waals surface area contributed by atoms with Gasteiger partial charge >= 0.3 is 0 Å². The molecule has 1 rings (SSSR count). The van der Waals surface area contributed by atoms with Crippen molar-refractivity contribution in [2.45, 2.75) is 6.92 Å². The van der Waals surface area contributed by atoms with Gasteiger partial charge in [-0.05, 0) is 30.7 Å². The van der Waals surface area contributed by atoms with Gasteiger partial charge in [0, 0.05) is 31.1 Å². The molecule has 0 bridgehead atoms. The minimum atomic E-state index is -3.05. The molecular weight excluding hydrogens is 252 g/mol. The van der Waals surface area contributed by atoms with E-state index in [9.17, 15) is 13.2 Å². The van der Waals surface area contributed by atoms with E-state index in [0.717, 1.165) is 17.5 Å². The van der Waals surface area contributed by atoms with Crippen LogP contribution in [-0.2, 0) is 9.84 Å². The highest BCUT2D eigenvalue weighted by Crippen LogP contribution is 2.14. The molecule has 0 aliphatic heterocycles. The second-order valence-electron chi connectivity index (χ2n) is 4.17. The largest absolute Gasteiger partial charge is 0.388 e. The average Bonchev–Trinajstić information content (AvgIpc) is 2.26. The quantitative estimate of drug-likeness (QED) is 0.830. The van der Waals surface area contributed by atoms with Gasteiger partial charge in [-0.2, -0.15) is 0 Å². The summed E-state index contributed by atoms with van der Waals surface area (Å²) in [6, 6.07) is 5.39. The predicted octanol–water partition coefficient (Wildman–Crippen LogP) is 0.811. The first kappa shape index (κ1) is 14.5. The summed E-state index contributed by atoms with van der Waals surface area (Å²) in [6.45, 7) is 1.97. The summed E-state index contributed by atoms with van der Waals surface area (Å²) in [4.78, 5) is 11.8. The molecule has 5 nitrogen and oxygen atoms in total. The number of sulfone groups is 1. The molecule has 1 amide bonds. The molecule has 0 aromatic heterocycles. The lowest BCUT2D eigenvalue weighted by Gasteiger charge is -2.09. The Kier molecular flexibility index (Phi) is 4.72. The molecule has 0 heterocycles. The zero-order valence-electron chi connectivity index (χ0n) is 10.8. The summed E-state index contributed by atoms with van der Waals surface area (Å²) in [5.74, 6) is -0.300. The molecule has 2 N–H and O–H groups in total. The molecule has 0 aliphatic carbocycles. The highest BCUT2D eigenvalue weighted by atomic mass is 32.2. The van der Waals surface area contributed by atoms with Crippen molar-refractivity contribution in [1.82, 2.24) is 5.32 Å². The van der Waals surface area contributed by atoms with Crippen LogP contribution in [0.25, 0.3) is 0 Å². The molecular formula is C12H18N2O3S. The molecule has 0 atom stereocenters. The first-order valence-corrected chi connectivity index (χ1v) is 7.64. The Balaban J connectivity index is 2.67. The van der Waals surface area contributed by atoms with Crippen molar-refractivity contribution in [3.8, 4) is 0 Å². The van der Waals surface area contributed by atoms with Gasteiger partial charge in [-0.3, -0.25) is 4.79 Å². The van der Waals surface area contributed by atoms with E-state index in [1.54, 1.807) is 19.2 Å². The minimum Gasteiger partial charge on any atom is -0.388 e. The normalized spacial score (nSPS) is 11.1. The van der Waals surface area contributed by atoms with E-state index < -0.39 is 9.84 Å². The maximum atomic E-state index is 11.8. The second kappa shape index (κ2) is 5.86.